The van der Waals surface area contributed by atoms with Gasteiger partial charge in [0.15, 0.2) is 0 Å². The van der Waals surface area contributed by atoms with Gasteiger partial charge in [-0.25, -0.2) is 0 Å². The summed E-state index contributed by atoms with van der Waals surface area (Å²) in [6, 6.07) is 27.2. The van der Waals surface area contributed by atoms with Gasteiger partial charge in [0.2, 0.25) is 0 Å². The molecule has 0 saturated heterocycles. The van der Waals surface area contributed by atoms with E-state index in [0.29, 0.717) is 0 Å². The summed E-state index contributed by atoms with van der Waals surface area (Å²) in [4.78, 5) is 0. The van der Waals surface area contributed by atoms with Gasteiger partial charge >= 0.3 is 8.60 Å². The van der Waals surface area contributed by atoms with Crippen LogP contribution in [0.4, 0.5) is 0 Å². The largest absolute Gasteiger partial charge is 0.530 e. The number of aryl methyl sites for hydroxylation is 1. The first-order chi connectivity index (χ1) is 12.3. The second-order valence-electron chi connectivity index (χ2n) is 5.48. The minimum absolute atomic E-state index is 0.720. The second-order valence-corrected chi connectivity index (χ2v) is 6.48. The van der Waals surface area contributed by atoms with Crippen molar-refractivity contribution in [2.45, 2.75) is 19.8 Å². The normalized spacial score (nSPS) is 10.5. The molecule has 0 bridgehead atoms. The van der Waals surface area contributed by atoms with Gasteiger partial charge < -0.3 is 13.6 Å². The first-order valence-electron chi connectivity index (χ1n) is 8.37. The Morgan fingerprint density at radius 1 is 0.640 bits per heavy atom. The molecule has 0 unspecified atom stereocenters. The number of hydrogen-bond donors (Lipinski definition) is 0. The van der Waals surface area contributed by atoms with Gasteiger partial charge in [-0.15, -0.1) is 0 Å². The smallest absolute Gasteiger partial charge is 0.409 e. The molecular formula is C21H21O3P. The van der Waals surface area contributed by atoms with Crippen molar-refractivity contribution in [2.24, 2.45) is 0 Å². The Morgan fingerprint density at radius 3 is 1.72 bits per heavy atom. The maximum atomic E-state index is 6.13. The molecule has 3 rings (SSSR count). The highest BCUT2D eigenvalue weighted by atomic mass is 31.2. The number of hydrogen-bond acceptors (Lipinski definition) is 3. The van der Waals surface area contributed by atoms with E-state index >= 15 is 0 Å². The van der Waals surface area contributed by atoms with Crippen molar-refractivity contribution in [3.63, 3.8) is 0 Å². The lowest BCUT2D eigenvalue weighted by Crippen LogP contribution is -2.03. The third kappa shape index (κ3) is 5.23. The molecule has 4 heteroatoms. The van der Waals surface area contributed by atoms with Crippen LogP contribution in [0, 0.1) is 0 Å². The van der Waals surface area contributed by atoms with Crippen molar-refractivity contribution < 1.29 is 13.6 Å². The van der Waals surface area contributed by atoms with Gasteiger partial charge in [-0.1, -0.05) is 67.9 Å². The SMILES string of the molecule is CCCc1ccccc1OP(Oc1ccccc1)Oc1ccccc1. The van der Waals surface area contributed by atoms with Crippen LogP contribution in [0.15, 0.2) is 84.9 Å². The molecule has 0 N–H and O–H groups in total. The molecule has 0 aliphatic rings. The van der Waals surface area contributed by atoms with Gasteiger partial charge in [-0.05, 0) is 42.3 Å². The predicted octanol–water partition coefficient (Wildman–Crippen LogP) is 6.40. The van der Waals surface area contributed by atoms with Crippen LogP contribution in [0.3, 0.4) is 0 Å². The zero-order valence-electron chi connectivity index (χ0n) is 14.2. The summed E-state index contributed by atoms with van der Waals surface area (Å²) in [5.41, 5.74) is 1.16. The molecule has 0 atom stereocenters. The van der Waals surface area contributed by atoms with E-state index in [-0.39, 0.29) is 0 Å². The molecule has 0 saturated carbocycles. The Labute approximate surface area is 150 Å². The van der Waals surface area contributed by atoms with Gasteiger partial charge in [0.25, 0.3) is 0 Å². The highest BCUT2D eigenvalue weighted by Crippen LogP contribution is 2.43. The van der Waals surface area contributed by atoms with Crippen LogP contribution in [-0.2, 0) is 6.42 Å². The van der Waals surface area contributed by atoms with Gasteiger partial charge in [0, 0.05) is 0 Å². The van der Waals surface area contributed by atoms with E-state index in [0.717, 1.165) is 35.7 Å². The van der Waals surface area contributed by atoms with E-state index < -0.39 is 8.60 Å². The van der Waals surface area contributed by atoms with Crippen molar-refractivity contribution in [3.8, 4) is 17.2 Å². The molecule has 0 aliphatic heterocycles. The van der Waals surface area contributed by atoms with Gasteiger partial charge in [0.1, 0.15) is 17.2 Å². The number of para-hydroxylation sites is 3. The quantitative estimate of drug-likeness (QED) is 0.439. The molecule has 25 heavy (non-hydrogen) atoms. The van der Waals surface area contributed by atoms with Crippen LogP contribution in [0.1, 0.15) is 18.9 Å². The number of rotatable bonds is 8. The molecule has 3 aromatic carbocycles. The minimum atomic E-state index is -1.62. The molecule has 0 aromatic heterocycles. The van der Waals surface area contributed by atoms with Gasteiger partial charge in [-0.2, -0.15) is 0 Å². The fraction of sp³-hybridized carbons (Fsp3) is 0.143. The molecule has 128 valence electrons. The first-order valence-corrected chi connectivity index (χ1v) is 9.46. The molecule has 0 aliphatic carbocycles. The average Bonchev–Trinajstić information content (AvgIpc) is 2.65. The Kier molecular flexibility index (Phi) is 6.30. The third-order valence-corrected chi connectivity index (χ3v) is 4.58. The van der Waals surface area contributed by atoms with E-state index in [1.807, 2.05) is 78.9 Å². The summed E-state index contributed by atoms with van der Waals surface area (Å²) in [5.74, 6) is 2.25. The van der Waals surface area contributed by atoms with E-state index in [1.54, 1.807) is 0 Å². The zero-order chi connectivity index (χ0) is 17.3. The van der Waals surface area contributed by atoms with Crippen LogP contribution < -0.4 is 13.6 Å². The molecule has 3 nitrogen and oxygen atoms in total. The Balaban J connectivity index is 1.80. The van der Waals surface area contributed by atoms with E-state index in [9.17, 15) is 0 Å². The lowest BCUT2D eigenvalue weighted by molar-refractivity contribution is 0.386. The number of benzene rings is 3. The van der Waals surface area contributed by atoms with Crippen molar-refractivity contribution in [2.75, 3.05) is 0 Å². The highest BCUT2D eigenvalue weighted by Gasteiger charge is 2.20. The molecule has 3 aromatic rings. The summed E-state index contributed by atoms with van der Waals surface area (Å²) in [6.07, 6.45) is 2.01. The highest BCUT2D eigenvalue weighted by molar-refractivity contribution is 7.43. The predicted molar refractivity (Wildman–Crippen MR) is 102 cm³/mol. The van der Waals surface area contributed by atoms with E-state index in [1.165, 1.54) is 0 Å². The lowest BCUT2D eigenvalue weighted by Gasteiger charge is -2.19. The summed E-state index contributed by atoms with van der Waals surface area (Å²) in [5, 5.41) is 0. The fourth-order valence-electron chi connectivity index (χ4n) is 2.34. The first kappa shape index (κ1) is 17.3. The van der Waals surface area contributed by atoms with Crippen LogP contribution in [0.2, 0.25) is 0 Å². The monoisotopic (exact) mass is 352 g/mol. The van der Waals surface area contributed by atoms with Crippen molar-refractivity contribution in [1.82, 2.24) is 0 Å². The van der Waals surface area contributed by atoms with Crippen molar-refractivity contribution >= 4 is 8.60 Å². The summed E-state index contributed by atoms with van der Waals surface area (Å²) in [6.45, 7) is 2.15. The standard InChI is InChI=1S/C21H21O3P/c1-2-11-18-12-9-10-17-21(18)24-25(22-19-13-5-3-6-14-19)23-20-15-7-4-8-16-20/h3-10,12-17H,2,11H2,1H3. The topological polar surface area (TPSA) is 27.7 Å². The summed E-state index contributed by atoms with van der Waals surface area (Å²) >= 11 is 0. The van der Waals surface area contributed by atoms with Gasteiger partial charge in [0.05, 0.1) is 0 Å². The second kappa shape index (κ2) is 9.10. The summed E-state index contributed by atoms with van der Waals surface area (Å²) < 4.78 is 18.1. The summed E-state index contributed by atoms with van der Waals surface area (Å²) in [7, 11) is -1.62. The Hall–Kier alpha value is -2.51. The fourth-order valence-corrected chi connectivity index (χ4v) is 3.38. The molecule has 0 radical (unpaired) electrons. The zero-order valence-corrected chi connectivity index (χ0v) is 15.1. The third-order valence-electron chi connectivity index (χ3n) is 3.51. The van der Waals surface area contributed by atoms with Crippen LogP contribution >= 0.6 is 8.60 Å². The molecule has 0 fully saturated rings. The molecule has 0 spiro atoms. The minimum Gasteiger partial charge on any atom is -0.409 e. The van der Waals surface area contributed by atoms with Crippen LogP contribution in [0.25, 0.3) is 0 Å². The van der Waals surface area contributed by atoms with Gasteiger partial charge in [-0.3, -0.25) is 0 Å². The van der Waals surface area contributed by atoms with Crippen molar-refractivity contribution in [1.29, 1.82) is 0 Å². The molecule has 0 amide bonds. The maximum Gasteiger partial charge on any atom is 0.530 e. The Bertz CT molecular complexity index is 721. The van der Waals surface area contributed by atoms with E-state index in [4.69, 9.17) is 13.6 Å². The molecule has 0 heterocycles. The van der Waals surface area contributed by atoms with E-state index in [2.05, 4.69) is 13.0 Å². The maximum absolute atomic E-state index is 6.13. The van der Waals surface area contributed by atoms with Crippen LogP contribution in [-0.4, -0.2) is 0 Å². The van der Waals surface area contributed by atoms with Crippen molar-refractivity contribution in [3.05, 3.63) is 90.5 Å². The molecular weight excluding hydrogens is 331 g/mol. The van der Waals surface area contributed by atoms with Crippen LogP contribution in [0.5, 0.6) is 17.2 Å². The average molecular weight is 352 g/mol. The lowest BCUT2D eigenvalue weighted by atomic mass is 10.1. The Morgan fingerprint density at radius 2 is 1.16 bits per heavy atom.